The van der Waals surface area contributed by atoms with Crippen molar-refractivity contribution in [1.82, 2.24) is 0 Å². The molecule has 0 atom stereocenters. The van der Waals surface area contributed by atoms with Crippen molar-refractivity contribution in [3.63, 3.8) is 0 Å². The molecule has 0 aromatic carbocycles. The molecule has 0 aliphatic carbocycles. The maximum absolute atomic E-state index is 8.58. The standard InChI is InChI=1S/Al.Ca.O4Si.H2O.Sr.Zn/c;;1-5(2,3)4;;;/h;;;1H2;;/q+3;+2;-4;;2*+2. The van der Waals surface area contributed by atoms with Crippen LogP contribution in [0.2, 0.25) is 0 Å². The van der Waals surface area contributed by atoms with Crippen molar-refractivity contribution < 1.29 is 44.1 Å². The first-order valence-electron chi connectivity index (χ1n) is 0.816. The van der Waals surface area contributed by atoms with Crippen molar-refractivity contribution >= 4 is 110 Å². The number of hydrogen-bond donors (Lipinski definition) is 0. The minimum absolute atomic E-state index is 0. The van der Waals surface area contributed by atoms with Gasteiger partial charge in [0.05, 0.1) is 0 Å². The molecule has 0 bridgehead atoms. The van der Waals surface area contributed by atoms with E-state index in [1.54, 1.807) is 0 Å². The minimum Gasteiger partial charge on any atom is -0.894 e. The van der Waals surface area contributed by atoms with Crippen LogP contribution in [0.1, 0.15) is 0 Å². The first-order valence-corrected chi connectivity index (χ1v) is 2.45. The fourth-order valence-electron chi connectivity index (χ4n) is 0. The quantitative estimate of drug-likeness (QED) is 0.409. The molecule has 0 unspecified atom stereocenters. The Morgan fingerprint density at radius 2 is 0.900 bits per heavy atom. The van der Waals surface area contributed by atoms with Crippen molar-refractivity contribution in [2.45, 2.75) is 0 Å². The van der Waals surface area contributed by atoms with Crippen molar-refractivity contribution in [3.8, 4) is 0 Å². The number of hydrogen-bond acceptors (Lipinski definition) is 4. The van der Waals surface area contributed by atoms with Crippen molar-refractivity contribution in [1.29, 1.82) is 0 Å². The summed E-state index contributed by atoms with van der Waals surface area (Å²) in [7, 11) is -5.61. The van der Waals surface area contributed by atoms with Gasteiger partial charge in [-0.05, 0) is 0 Å². The van der Waals surface area contributed by atoms with Crippen LogP contribution in [0.5, 0.6) is 0 Å². The molecule has 0 aromatic heterocycles. The average molecular weight is 330 g/mol. The molecular weight excluding hydrogens is 328 g/mol. The molecule has 0 heterocycles. The van der Waals surface area contributed by atoms with E-state index in [4.69, 9.17) is 19.2 Å². The average Bonchev–Trinajstić information content (AvgIpc) is 0.722. The van der Waals surface area contributed by atoms with E-state index in [1.807, 2.05) is 0 Å². The normalized spacial score (nSPS) is 6.00. The van der Waals surface area contributed by atoms with Gasteiger partial charge in [-0.25, -0.2) is 0 Å². The molecule has 0 saturated heterocycles. The van der Waals surface area contributed by atoms with E-state index in [9.17, 15) is 0 Å². The molecule has 0 rings (SSSR count). The Kier molecular flexibility index (Phi) is 69.1. The molecule has 2 N–H and O–H groups in total. The van der Waals surface area contributed by atoms with E-state index in [0.717, 1.165) is 0 Å². The zero-order chi connectivity index (χ0) is 4.50. The van der Waals surface area contributed by atoms with E-state index in [2.05, 4.69) is 0 Å². The molecule has 0 amide bonds. The van der Waals surface area contributed by atoms with Crippen LogP contribution >= 0.6 is 0 Å². The predicted molar refractivity (Wildman–Crippen MR) is 26.6 cm³/mol. The van der Waals surface area contributed by atoms with E-state index >= 15 is 0 Å². The fraction of sp³-hybridized carbons (Fsp3) is 0. The Bertz CT molecular complexity index is 37.1. The zero-order valence-corrected chi connectivity index (χ0v) is 16.1. The van der Waals surface area contributed by atoms with Crippen LogP contribution in [0, 0.1) is 0 Å². The molecule has 10 heavy (non-hydrogen) atoms. The molecule has 0 aliphatic rings. The monoisotopic (exact) mass is 329 g/mol. The van der Waals surface area contributed by atoms with Crippen LogP contribution < -0.4 is 19.2 Å². The minimum atomic E-state index is -5.61. The van der Waals surface area contributed by atoms with Gasteiger partial charge in [0, 0.05) is 0 Å². The summed E-state index contributed by atoms with van der Waals surface area (Å²) in [6, 6.07) is 0. The summed E-state index contributed by atoms with van der Waals surface area (Å²) in [4.78, 5) is 34.3. The van der Waals surface area contributed by atoms with Crippen LogP contribution in [0.3, 0.4) is 0 Å². The topological polar surface area (TPSA) is 124 Å². The van der Waals surface area contributed by atoms with Crippen LogP contribution in [-0.4, -0.2) is 115 Å². The summed E-state index contributed by atoms with van der Waals surface area (Å²) in [6.45, 7) is 0. The molecule has 0 radical (unpaired) electrons. The van der Waals surface area contributed by atoms with E-state index in [-0.39, 0.29) is 126 Å². The zero-order valence-electron chi connectivity index (χ0n) is 5.33. The summed E-state index contributed by atoms with van der Waals surface area (Å²) in [5.74, 6) is 0. The Balaban J connectivity index is -0.00000000800. The van der Waals surface area contributed by atoms with E-state index in [0.29, 0.717) is 0 Å². The van der Waals surface area contributed by atoms with Gasteiger partial charge in [0.15, 0.2) is 0 Å². The van der Waals surface area contributed by atoms with Gasteiger partial charge in [-0.15, -0.1) is 0 Å². The largest absolute Gasteiger partial charge is 3.00 e. The molecule has 40 valence electrons. The Morgan fingerprint density at radius 1 is 0.900 bits per heavy atom. The molecule has 0 aliphatic heterocycles. The second-order valence-electron chi connectivity index (χ2n) is 0.500. The molecule has 0 fully saturated rings. The van der Waals surface area contributed by atoms with Gasteiger partial charge in [0.2, 0.25) is 0 Å². The van der Waals surface area contributed by atoms with Gasteiger partial charge in [-0.2, -0.15) is 0 Å². The SMILES string of the molecule is O.[Al+3].[Ca+2].[O-][Si]([O-])([O-])[O-].[Sr+2].[Zn+2]. The van der Waals surface area contributed by atoms with Gasteiger partial charge in [0.1, 0.15) is 0 Å². The van der Waals surface area contributed by atoms with Gasteiger partial charge in [-0.3, -0.25) is 0 Å². The summed E-state index contributed by atoms with van der Waals surface area (Å²) < 4.78 is 0. The Morgan fingerprint density at radius 3 is 0.900 bits per heavy atom. The molecule has 0 spiro atoms. The number of rotatable bonds is 0. The second kappa shape index (κ2) is 18.6. The fourth-order valence-corrected chi connectivity index (χ4v) is 0. The van der Waals surface area contributed by atoms with Crippen molar-refractivity contribution in [2.24, 2.45) is 0 Å². The summed E-state index contributed by atoms with van der Waals surface area (Å²) in [5, 5.41) is 0. The maximum atomic E-state index is 8.58. The maximum Gasteiger partial charge on any atom is 3.00 e. The summed E-state index contributed by atoms with van der Waals surface area (Å²) >= 11 is 0. The van der Waals surface area contributed by atoms with Crippen LogP contribution in [0.4, 0.5) is 0 Å². The van der Waals surface area contributed by atoms with Gasteiger partial charge in [-0.1, -0.05) is 0 Å². The van der Waals surface area contributed by atoms with Gasteiger partial charge >= 0.3 is 120 Å². The Labute approximate surface area is 150 Å². The van der Waals surface area contributed by atoms with E-state index < -0.39 is 9.05 Å². The summed E-state index contributed by atoms with van der Waals surface area (Å²) in [6.07, 6.45) is 0. The third-order valence-corrected chi connectivity index (χ3v) is 0. The second-order valence-corrected chi connectivity index (χ2v) is 1.50. The molecule has 5 nitrogen and oxygen atoms in total. The van der Waals surface area contributed by atoms with Crippen LogP contribution in [-0.2, 0) is 19.5 Å². The third kappa shape index (κ3) is 92.7. The first-order chi connectivity index (χ1) is 2.00. The summed E-state index contributed by atoms with van der Waals surface area (Å²) in [5.41, 5.74) is 0. The van der Waals surface area contributed by atoms with E-state index in [1.165, 1.54) is 0 Å². The molecule has 10 heteroatoms. The van der Waals surface area contributed by atoms with Crippen molar-refractivity contribution in [2.75, 3.05) is 0 Å². The third-order valence-electron chi connectivity index (χ3n) is 0. The van der Waals surface area contributed by atoms with Gasteiger partial charge < -0.3 is 33.7 Å². The first kappa shape index (κ1) is 37.1. The smallest absolute Gasteiger partial charge is 0.894 e. The van der Waals surface area contributed by atoms with Gasteiger partial charge in [0.25, 0.3) is 0 Å². The van der Waals surface area contributed by atoms with Crippen LogP contribution in [0.15, 0.2) is 0 Å². The Hall–Kier alpha value is 3.91. The van der Waals surface area contributed by atoms with Crippen molar-refractivity contribution in [3.05, 3.63) is 0 Å². The molecule has 0 aromatic rings. The molecule has 0 saturated carbocycles. The van der Waals surface area contributed by atoms with Crippen LogP contribution in [0.25, 0.3) is 0 Å². The predicted octanol–water partition coefficient (Wildman–Crippen LogP) is -7.11. The molecular formula is H2AlCaO5SiSrZn+5.